The van der Waals surface area contributed by atoms with Crippen LogP contribution in [0.1, 0.15) is 43.2 Å². The van der Waals surface area contributed by atoms with Crippen LogP contribution >= 0.6 is 0 Å². The Morgan fingerprint density at radius 1 is 1.00 bits per heavy atom. The van der Waals surface area contributed by atoms with Crippen molar-refractivity contribution in [1.29, 1.82) is 0 Å². The number of benzene rings is 2. The highest BCUT2D eigenvalue weighted by Crippen LogP contribution is 2.29. The van der Waals surface area contributed by atoms with E-state index in [2.05, 4.69) is 59.9 Å². The van der Waals surface area contributed by atoms with Crippen LogP contribution in [0.2, 0.25) is 0 Å². The van der Waals surface area contributed by atoms with Crippen molar-refractivity contribution in [3.8, 4) is 0 Å². The fourth-order valence-electron chi connectivity index (χ4n) is 4.13. The topological polar surface area (TPSA) is 49.3 Å². The minimum Gasteiger partial charge on any atom is -0.481 e. The van der Waals surface area contributed by atoms with Crippen LogP contribution in [0.15, 0.2) is 60.7 Å². The number of hydrogen-bond donors (Lipinski definition) is 2. The zero-order chi connectivity index (χ0) is 18.2. The van der Waals surface area contributed by atoms with Gasteiger partial charge in [-0.15, -0.1) is 0 Å². The standard InChI is InChI=1S/C23H29NO2/c25-23(26)14-13-22(16-19-9-5-2-6-10-19)24-21-12-11-20(17-21)15-18-7-3-1-4-8-18/h1-10,20-22,24H,11-17H2,(H,25,26). The molecule has 0 aromatic heterocycles. The van der Waals surface area contributed by atoms with Gasteiger partial charge in [0.1, 0.15) is 0 Å². The van der Waals surface area contributed by atoms with E-state index in [1.54, 1.807) is 0 Å². The Labute approximate surface area is 156 Å². The average Bonchev–Trinajstić information content (AvgIpc) is 3.08. The minimum atomic E-state index is -0.710. The predicted molar refractivity (Wildman–Crippen MR) is 105 cm³/mol. The lowest BCUT2D eigenvalue weighted by molar-refractivity contribution is -0.137. The molecule has 26 heavy (non-hydrogen) atoms. The van der Waals surface area contributed by atoms with Gasteiger partial charge in [0.05, 0.1) is 0 Å². The number of carboxylic acids is 1. The molecular weight excluding hydrogens is 322 g/mol. The number of hydrogen-bond acceptors (Lipinski definition) is 2. The maximum absolute atomic E-state index is 11.0. The van der Waals surface area contributed by atoms with E-state index in [0.29, 0.717) is 12.5 Å². The van der Waals surface area contributed by atoms with Crippen LogP contribution in [0.4, 0.5) is 0 Å². The highest BCUT2D eigenvalue weighted by molar-refractivity contribution is 5.66. The van der Waals surface area contributed by atoms with Gasteiger partial charge in [-0.3, -0.25) is 4.79 Å². The molecule has 3 heteroatoms. The first-order valence-corrected chi connectivity index (χ1v) is 9.74. The number of rotatable bonds is 9. The quantitative estimate of drug-likeness (QED) is 0.701. The minimum absolute atomic E-state index is 0.227. The molecule has 2 N–H and O–H groups in total. The van der Waals surface area contributed by atoms with Gasteiger partial charge in [0, 0.05) is 18.5 Å². The summed E-state index contributed by atoms with van der Waals surface area (Å²) in [7, 11) is 0. The second-order valence-electron chi connectivity index (χ2n) is 7.55. The molecule has 3 atom stereocenters. The summed E-state index contributed by atoms with van der Waals surface area (Å²) >= 11 is 0. The van der Waals surface area contributed by atoms with E-state index < -0.39 is 5.97 Å². The number of aliphatic carboxylic acids is 1. The fraction of sp³-hybridized carbons (Fsp3) is 0.435. The van der Waals surface area contributed by atoms with E-state index in [0.717, 1.165) is 18.8 Å². The molecule has 0 radical (unpaired) electrons. The van der Waals surface area contributed by atoms with E-state index in [9.17, 15) is 4.79 Å². The molecule has 1 aliphatic rings. The van der Waals surface area contributed by atoms with Crippen LogP contribution < -0.4 is 5.32 Å². The molecule has 1 saturated carbocycles. The lowest BCUT2D eigenvalue weighted by atomic mass is 9.97. The molecule has 1 aliphatic carbocycles. The van der Waals surface area contributed by atoms with E-state index in [4.69, 9.17) is 5.11 Å². The van der Waals surface area contributed by atoms with Crippen LogP contribution in [-0.4, -0.2) is 23.2 Å². The van der Waals surface area contributed by atoms with Crippen molar-refractivity contribution in [3.63, 3.8) is 0 Å². The van der Waals surface area contributed by atoms with Gasteiger partial charge in [0.25, 0.3) is 0 Å². The lowest BCUT2D eigenvalue weighted by Gasteiger charge is -2.23. The summed E-state index contributed by atoms with van der Waals surface area (Å²) in [6.07, 6.45) is 6.59. The van der Waals surface area contributed by atoms with Crippen molar-refractivity contribution < 1.29 is 9.90 Å². The van der Waals surface area contributed by atoms with Crippen LogP contribution in [0.5, 0.6) is 0 Å². The van der Waals surface area contributed by atoms with Crippen molar-refractivity contribution in [2.75, 3.05) is 0 Å². The molecule has 3 unspecified atom stereocenters. The SMILES string of the molecule is O=C(O)CCC(Cc1ccccc1)NC1CCC(Cc2ccccc2)C1. The largest absolute Gasteiger partial charge is 0.481 e. The van der Waals surface area contributed by atoms with Crippen LogP contribution in [0.3, 0.4) is 0 Å². The number of carboxylic acid groups (broad SMARTS) is 1. The first-order chi connectivity index (χ1) is 12.7. The molecular formula is C23H29NO2. The fourth-order valence-corrected chi connectivity index (χ4v) is 4.13. The monoisotopic (exact) mass is 351 g/mol. The Kier molecular flexibility index (Phi) is 6.84. The number of nitrogens with one attached hydrogen (secondary N) is 1. The Morgan fingerprint density at radius 3 is 2.31 bits per heavy atom. The van der Waals surface area contributed by atoms with E-state index in [1.165, 1.54) is 30.4 Å². The van der Waals surface area contributed by atoms with Crippen LogP contribution in [-0.2, 0) is 17.6 Å². The molecule has 0 saturated heterocycles. The van der Waals surface area contributed by atoms with Crippen molar-refractivity contribution in [2.24, 2.45) is 5.92 Å². The van der Waals surface area contributed by atoms with Crippen LogP contribution in [0, 0.1) is 5.92 Å². The van der Waals surface area contributed by atoms with Gasteiger partial charge in [0.15, 0.2) is 0 Å². The lowest BCUT2D eigenvalue weighted by Crippen LogP contribution is -2.38. The molecule has 0 aliphatic heterocycles. The molecule has 2 aromatic carbocycles. The summed E-state index contributed by atoms with van der Waals surface area (Å²) in [5.74, 6) is 0.0185. The molecule has 0 spiro atoms. The maximum atomic E-state index is 11.0. The Balaban J connectivity index is 1.53. The summed E-state index contributed by atoms with van der Waals surface area (Å²) in [6.45, 7) is 0. The van der Waals surface area contributed by atoms with Crippen molar-refractivity contribution in [1.82, 2.24) is 5.32 Å². The smallest absolute Gasteiger partial charge is 0.303 e. The van der Waals surface area contributed by atoms with Crippen LogP contribution in [0.25, 0.3) is 0 Å². The van der Waals surface area contributed by atoms with E-state index in [1.807, 2.05) is 6.07 Å². The van der Waals surface area contributed by atoms with Gasteiger partial charge in [-0.2, -0.15) is 0 Å². The molecule has 1 fully saturated rings. The zero-order valence-electron chi connectivity index (χ0n) is 15.3. The first kappa shape index (κ1) is 18.7. The maximum Gasteiger partial charge on any atom is 0.303 e. The van der Waals surface area contributed by atoms with Gasteiger partial charge in [0.2, 0.25) is 0 Å². The first-order valence-electron chi connectivity index (χ1n) is 9.74. The highest BCUT2D eigenvalue weighted by Gasteiger charge is 2.26. The van der Waals surface area contributed by atoms with Gasteiger partial charge in [-0.25, -0.2) is 0 Å². The summed E-state index contributed by atoms with van der Waals surface area (Å²) in [5, 5.41) is 12.8. The normalized spacial score (nSPS) is 20.8. The molecule has 0 bridgehead atoms. The number of carbonyl (C=O) groups is 1. The third-order valence-electron chi connectivity index (χ3n) is 5.41. The molecule has 0 amide bonds. The predicted octanol–water partition coefficient (Wildman–Crippen LogP) is 4.46. The summed E-state index contributed by atoms with van der Waals surface area (Å²) in [5.41, 5.74) is 2.69. The average molecular weight is 351 g/mol. The Bertz CT molecular complexity index is 671. The van der Waals surface area contributed by atoms with Gasteiger partial charge < -0.3 is 10.4 Å². The third kappa shape index (κ3) is 5.99. The zero-order valence-corrected chi connectivity index (χ0v) is 15.3. The van der Waals surface area contributed by atoms with Crippen molar-refractivity contribution in [2.45, 2.75) is 57.0 Å². The Hall–Kier alpha value is -2.13. The molecule has 3 nitrogen and oxygen atoms in total. The third-order valence-corrected chi connectivity index (χ3v) is 5.41. The van der Waals surface area contributed by atoms with E-state index >= 15 is 0 Å². The molecule has 0 heterocycles. The van der Waals surface area contributed by atoms with Crippen molar-refractivity contribution in [3.05, 3.63) is 71.8 Å². The molecule has 138 valence electrons. The van der Waals surface area contributed by atoms with Gasteiger partial charge in [-0.1, -0.05) is 60.7 Å². The molecule has 2 aromatic rings. The summed E-state index contributed by atoms with van der Waals surface area (Å²) in [4.78, 5) is 11.0. The second-order valence-corrected chi connectivity index (χ2v) is 7.55. The van der Waals surface area contributed by atoms with Gasteiger partial charge in [-0.05, 0) is 55.6 Å². The Morgan fingerprint density at radius 2 is 1.65 bits per heavy atom. The van der Waals surface area contributed by atoms with Gasteiger partial charge >= 0.3 is 5.97 Å². The second kappa shape index (κ2) is 9.54. The summed E-state index contributed by atoms with van der Waals surface area (Å²) < 4.78 is 0. The van der Waals surface area contributed by atoms with E-state index in [-0.39, 0.29) is 12.5 Å². The highest BCUT2D eigenvalue weighted by atomic mass is 16.4. The summed E-state index contributed by atoms with van der Waals surface area (Å²) in [6, 6.07) is 21.8. The van der Waals surface area contributed by atoms with Crippen molar-refractivity contribution >= 4 is 5.97 Å². The molecule has 3 rings (SSSR count).